The van der Waals surface area contributed by atoms with Gasteiger partial charge in [0.15, 0.2) is 0 Å². The van der Waals surface area contributed by atoms with Gasteiger partial charge in [0.05, 0.1) is 6.54 Å². The van der Waals surface area contributed by atoms with E-state index >= 15 is 0 Å². The summed E-state index contributed by atoms with van der Waals surface area (Å²) in [5.74, 6) is -0.00907. The Morgan fingerprint density at radius 2 is 2.25 bits per heavy atom. The summed E-state index contributed by atoms with van der Waals surface area (Å²) >= 11 is 1.56. The first-order chi connectivity index (χ1) is 7.45. The normalized spacial score (nSPS) is 11.5. The van der Waals surface area contributed by atoms with E-state index < -0.39 is 0 Å². The quantitative estimate of drug-likeness (QED) is 0.810. The molecule has 0 unspecified atom stereocenters. The first-order valence-corrected chi connectivity index (χ1v) is 6.01. The fraction of sp³-hybridized carbons (Fsp3) is 0.636. The van der Waals surface area contributed by atoms with Gasteiger partial charge in [0.2, 0.25) is 5.91 Å². The molecule has 1 amide bonds. The van der Waals surface area contributed by atoms with Gasteiger partial charge in [-0.3, -0.25) is 4.79 Å². The number of thiazole rings is 1. The number of amides is 1. The van der Waals surface area contributed by atoms with E-state index in [4.69, 9.17) is 4.74 Å². The Morgan fingerprint density at radius 3 is 2.69 bits per heavy atom. The molecule has 0 bridgehead atoms. The number of carbonyl (C=O) groups is 1. The minimum atomic E-state index is -0.221. The molecule has 1 rings (SSSR count). The van der Waals surface area contributed by atoms with Crippen LogP contribution in [-0.4, -0.2) is 35.0 Å². The summed E-state index contributed by atoms with van der Waals surface area (Å²) in [7, 11) is 1.53. The molecule has 0 aliphatic carbocycles. The maximum atomic E-state index is 11.9. The van der Waals surface area contributed by atoms with Crippen LogP contribution in [0.25, 0.3) is 0 Å². The Bertz CT molecular complexity index is 330. The van der Waals surface area contributed by atoms with Gasteiger partial charge in [0.1, 0.15) is 11.6 Å². The summed E-state index contributed by atoms with van der Waals surface area (Å²) in [5, 5.41) is 2.86. The molecule has 1 aromatic rings. The van der Waals surface area contributed by atoms with Crippen molar-refractivity contribution in [1.29, 1.82) is 0 Å². The van der Waals surface area contributed by atoms with Crippen LogP contribution in [-0.2, 0) is 16.1 Å². The molecule has 0 saturated heterocycles. The molecule has 1 aromatic heterocycles. The highest BCUT2D eigenvalue weighted by atomic mass is 32.1. The number of hydrogen-bond acceptors (Lipinski definition) is 4. The molecule has 0 aliphatic rings. The summed E-state index contributed by atoms with van der Waals surface area (Å²) < 4.78 is 4.89. The number of rotatable bonds is 4. The van der Waals surface area contributed by atoms with Gasteiger partial charge in [0, 0.05) is 24.2 Å². The lowest BCUT2D eigenvalue weighted by Gasteiger charge is -2.35. The van der Waals surface area contributed by atoms with Gasteiger partial charge < -0.3 is 9.64 Å². The van der Waals surface area contributed by atoms with Crippen LogP contribution in [0.2, 0.25) is 0 Å². The standard InChI is InChI=1S/C11H18N2O2S/c1-11(2,3)13(10(14)8-15-4)7-9-12-5-6-16-9/h5-6H,7-8H2,1-4H3. The summed E-state index contributed by atoms with van der Waals surface area (Å²) in [4.78, 5) is 17.9. The molecule has 16 heavy (non-hydrogen) atoms. The van der Waals surface area contributed by atoms with E-state index in [-0.39, 0.29) is 18.1 Å². The lowest BCUT2D eigenvalue weighted by molar-refractivity contribution is -0.140. The molecule has 0 atom stereocenters. The summed E-state index contributed by atoms with van der Waals surface area (Å²) in [6, 6.07) is 0. The van der Waals surface area contributed by atoms with Crippen molar-refractivity contribution in [3.05, 3.63) is 16.6 Å². The van der Waals surface area contributed by atoms with E-state index in [1.807, 2.05) is 26.2 Å². The van der Waals surface area contributed by atoms with Crippen LogP contribution in [0, 0.1) is 0 Å². The second kappa shape index (κ2) is 5.41. The number of methoxy groups -OCH3 is 1. The van der Waals surface area contributed by atoms with Gasteiger partial charge in [-0.1, -0.05) is 0 Å². The monoisotopic (exact) mass is 242 g/mol. The Balaban J connectivity index is 2.76. The highest BCUT2D eigenvalue weighted by molar-refractivity contribution is 7.09. The van der Waals surface area contributed by atoms with Crippen LogP contribution in [0.3, 0.4) is 0 Å². The van der Waals surface area contributed by atoms with Crippen molar-refractivity contribution >= 4 is 17.2 Å². The Hall–Kier alpha value is -0.940. The molecule has 0 saturated carbocycles. The van der Waals surface area contributed by atoms with Crippen molar-refractivity contribution in [2.75, 3.05) is 13.7 Å². The molecule has 0 aliphatic heterocycles. The molecule has 0 aromatic carbocycles. The predicted octanol–water partition coefficient (Wildman–Crippen LogP) is 1.92. The average Bonchev–Trinajstić information content (AvgIpc) is 2.64. The molecule has 5 heteroatoms. The van der Waals surface area contributed by atoms with Crippen molar-refractivity contribution in [3.8, 4) is 0 Å². The third kappa shape index (κ3) is 3.57. The first-order valence-electron chi connectivity index (χ1n) is 5.13. The Kier molecular flexibility index (Phi) is 4.44. The lowest BCUT2D eigenvalue weighted by Crippen LogP contribution is -2.46. The number of nitrogens with zero attached hydrogens (tertiary/aromatic N) is 2. The molecular weight excluding hydrogens is 224 g/mol. The van der Waals surface area contributed by atoms with Crippen LogP contribution in [0.4, 0.5) is 0 Å². The third-order valence-electron chi connectivity index (χ3n) is 2.16. The van der Waals surface area contributed by atoms with Crippen molar-refractivity contribution < 1.29 is 9.53 Å². The first kappa shape index (κ1) is 13.1. The minimum Gasteiger partial charge on any atom is -0.375 e. The van der Waals surface area contributed by atoms with Crippen LogP contribution in [0.15, 0.2) is 11.6 Å². The van der Waals surface area contributed by atoms with E-state index in [1.165, 1.54) is 7.11 Å². The Morgan fingerprint density at radius 1 is 1.56 bits per heavy atom. The minimum absolute atomic E-state index is 0.00907. The maximum absolute atomic E-state index is 11.9. The highest BCUT2D eigenvalue weighted by Crippen LogP contribution is 2.18. The second-order valence-electron chi connectivity index (χ2n) is 4.51. The van der Waals surface area contributed by atoms with Crippen LogP contribution in [0.5, 0.6) is 0 Å². The van der Waals surface area contributed by atoms with E-state index in [0.717, 1.165) is 5.01 Å². The fourth-order valence-electron chi connectivity index (χ4n) is 1.37. The van der Waals surface area contributed by atoms with Crippen molar-refractivity contribution in [2.45, 2.75) is 32.9 Å². The van der Waals surface area contributed by atoms with Gasteiger partial charge in [-0.15, -0.1) is 11.3 Å². The van der Waals surface area contributed by atoms with E-state index in [9.17, 15) is 4.79 Å². The van der Waals surface area contributed by atoms with E-state index in [1.54, 1.807) is 22.4 Å². The van der Waals surface area contributed by atoms with Crippen molar-refractivity contribution in [1.82, 2.24) is 9.88 Å². The predicted molar refractivity (Wildman–Crippen MR) is 64.3 cm³/mol. The topological polar surface area (TPSA) is 42.4 Å². The molecular formula is C11H18N2O2S. The number of carbonyl (C=O) groups excluding carboxylic acids is 1. The average molecular weight is 242 g/mol. The van der Waals surface area contributed by atoms with Gasteiger partial charge >= 0.3 is 0 Å². The highest BCUT2D eigenvalue weighted by Gasteiger charge is 2.26. The van der Waals surface area contributed by atoms with E-state index in [2.05, 4.69) is 4.98 Å². The third-order valence-corrected chi connectivity index (χ3v) is 2.92. The van der Waals surface area contributed by atoms with Gasteiger partial charge in [-0.25, -0.2) is 4.98 Å². The van der Waals surface area contributed by atoms with Crippen molar-refractivity contribution in [3.63, 3.8) is 0 Å². The van der Waals surface area contributed by atoms with Gasteiger partial charge in [0.25, 0.3) is 0 Å². The number of aromatic nitrogens is 1. The van der Waals surface area contributed by atoms with Gasteiger partial charge in [-0.05, 0) is 20.8 Å². The molecule has 1 heterocycles. The zero-order chi connectivity index (χ0) is 12.2. The Labute approximate surface area is 100 Å². The van der Waals surface area contributed by atoms with Crippen LogP contribution < -0.4 is 0 Å². The smallest absolute Gasteiger partial charge is 0.249 e. The SMILES string of the molecule is COCC(=O)N(Cc1nccs1)C(C)(C)C. The number of ether oxygens (including phenoxy) is 1. The summed E-state index contributed by atoms with van der Waals surface area (Å²) in [5.41, 5.74) is -0.221. The lowest BCUT2D eigenvalue weighted by atomic mass is 10.1. The molecule has 0 N–H and O–H groups in total. The maximum Gasteiger partial charge on any atom is 0.249 e. The van der Waals surface area contributed by atoms with Gasteiger partial charge in [-0.2, -0.15) is 0 Å². The molecule has 90 valence electrons. The summed E-state index contributed by atoms with van der Waals surface area (Å²) in [6.07, 6.45) is 1.75. The largest absolute Gasteiger partial charge is 0.375 e. The van der Waals surface area contributed by atoms with Crippen LogP contribution in [0.1, 0.15) is 25.8 Å². The zero-order valence-electron chi connectivity index (χ0n) is 10.2. The van der Waals surface area contributed by atoms with E-state index in [0.29, 0.717) is 6.54 Å². The fourth-order valence-corrected chi connectivity index (χ4v) is 1.97. The second-order valence-corrected chi connectivity index (χ2v) is 5.49. The molecule has 0 fully saturated rings. The molecule has 0 radical (unpaired) electrons. The zero-order valence-corrected chi connectivity index (χ0v) is 11.0. The van der Waals surface area contributed by atoms with Crippen LogP contribution >= 0.6 is 11.3 Å². The molecule has 4 nitrogen and oxygen atoms in total. The summed E-state index contributed by atoms with van der Waals surface area (Å²) in [6.45, 7) is 6.68. The number of hydrogen-bond donors (Lipinski definition) is 0. The van der Waals surface area contributed by atoms with Crippen molar-refractivity contribution in [2.24, 2.45) is 0 Å². The molecule has 0 spiro atoms.